The number of hydrogen-bond acceptors (Lipinski definition) is 3. The van der Waals surface area contributed by atoms with Crippen molar-refractivity contribution in [3.05, 3.63) is 30.1 Å². The van der Waals surface area contributed by atoms with Crippen molar-refractivity contribution in [3.8, 4) is 0 Å². The maximum absolute atomic E-state index is 6.17. The molecule has 2 atom stereocenters. The molecule has 1 aliphatic carbocycles. The molecule has 0 saturated heterocycles. The number of rotatable bonds is 7. The first-order valence-corrected chi connectivity index (χ1v) is 7.08. The van der Waals surface area contributed by atoms with Gasteiger partial charge in [0, 0.05) is 25.0 Å². The van der Waals surface area contributed by atoms with E-state index in [1.807, 2.05) is 12.1 Å². The van der Waals surface area contributed by atoms with Gasteiger partial charge >= 0.3 is 0 Å². The predicted octanol–water partition coefficient (Wildman–Crippen LogP) is 3.07. The average Bonchev–Trinajstić information content (AvgIpc) is 2.37. The van der Waals surface area contributed by atoms with Gasteiger partial charge in [-0.3, -0.25) is 4.98 Å². The minimum atomic E-state index is 0.0121. The summed E-state index contributed by atoms with van der Waals surface area (Å²) in [6.07, 6.45) is 9.88. The van der Waals surface area contributed by atoms with Gasteiger partial charge in [-0.1, -0.05) is 26.2 Å². The first kappa shape index (κ1) is 13.5. The summed E-state index contributed by atoms with van der Waals surface area (Å²) in [4.78, 5) is 4.05. The van der Waals surface area contributed by atoms with E-state index in [1.54, 1.807) is 12.4 Å². The lowest BCUT2D eigenvalue weighted by Gasteiger charge is -2.28. The standard InChI is InChI=1S/C15H24N2O/c1-2-14(16)15(13-6-9-17-10-7-13)18-11-8-12-4-3-5-12/h6-7,9-10,12,14-15H,2-5,8,11,16H2,1H3. The number of ether oxygens (including phenoxy) is 1. The monoisotopic (exact) mass is 248 g/mol. The molecule has 2 rings (SSSR count). The third-order valence-corrected chi connectivity index (χ3v) is 3.94. The van der Waals surface area contributed by atoms with E-state index in [0.29, 0.717) is 0 Å². The molecule has 0 aliphatic heterocycles. The van der Waals surface area contributed by atoms with Crippen LogP contribution in [-0.2, 0) is 4.74 Å². The summed E-state index contributed by atoms with van der Waals surface area (Å²) < 4.78 is 6.03. The van der Waals surface area contributed by atoms with Crippen molar-refractivity contribution >= 4 is 0 Å². The fraction of sp³-hybridized carbons (Fsp3) is 0.667. The van der Waals surface area contributed by atoms with Crippen molar-refractivity contribution in [3.63, 3.8) is 0 Å². The molecule has 1 fully saturated rings. The van der Waals surface area contributed by atoms with E-state index in [0.717, 1.165) is 24.5 Å². The topological polar surface area (TPSA) is 48.1 Å². The second-order valence-electron chi connectivity index (χ2n) is 5.23. The van der Waals surface area contributed by atoms with Crippen molar-refractivity contribution in [2.45, 2.75) is 51.2 Å². The number of aromatic nitrogens is 1. The van der Waals surface area contributed by atoms with Crippen LogP contribution in [0.25, 0.3) is 0 Å². The molecule has 2 N–H and O–H groups in total. The van der Waals surface area contributed by atoms with E-state index in [1.165, 1.54) is 25.7 Å². The number of hydrogen-bond donors (Lipinski definition) is 1. The van der Waals surface area contributed by atoms with E-state index in [-0.39, 0.29) is 12.1 Å². The minimum absolute atomic E-state index is 0.0121. The smallest absolute Gasteiger partial charge is 0.0976 e. The highest BCUT2D eigenvalue weighted by atomic mass is 16.5. The Kier molecular flexibility index (Phi) is 5.14. The van der Waals surface area contributed by atoms with E-state index in [9.17, 15) is 0 Å². The van der Waals surface area contributed by atoms with Crippen LogP contribution in [0.5, 0.6) is 0 Å². The summed E-state index contributed by atoms with van der Waals surface area (Å²) in [5, 5.41) is 0. The van der Waals surface area contributed by atoms with E-state index in [4.69, 9.17) is 10.5 Å². The van der Waals surface area contributed by atoms with Gasteiger partial charge in [0.2, 0.25) is 0 Å². The summed E-state index contributed by atoms with van der Waals surface area (Å²) >= 11 is 0. The van der Waals surface area contributed by atoms with Gasteiger partial charge in [0.25, 0.3) is 0 Å². The SMILES string of the molecule is CCC(N)C(OCCC1CCC1)c1ccncc1. The lowest BCUT2D eigenvalue weighted by atomic mass is 9.83. The Labute approximate surface area is 110 Å². The molecule has 2 unspecified atom stereocenters. The van der Waals surface area contributed by atoms with Crippen LogP contribution < -0.4 is 5.73 Å². The maximum atomic E-state index is 6.17. The van der Waals surface area contributed by atoms with Gasteiger partial charge in [-0.05, 0) is 36.5 Å². The van der Waals surface area contributed by atoms with Gasteiger partial charge < -0.3 is 10.5 Å². The van der Waals surface area contributed by atoms with E-state index < -0.39 is 0 Å². The number of pyridine rings is 1. The Hall–Kier alpha value is -0.930. The van der Waals surface area contributed by atoms with Gasteiger partial charge in [0.05, 0.1) is 6.10 Å². The third kappa shape index (κ3) is 3.53. The average molecular weight is 248 g/mol. The number of nitrogens with two attached hydrogens (primary N) is 1. The highest BCUT2D eigenvalue weighted by Crippen LogP contribution is 2.30. The molecular weight excluding hydrogens is 224 g/mol. The van der Waals surface area contributed by atoms with Crippen molar-refractivity contribution < 1.29 is 4.74 Å². The van der Waals surface area contributed by atoms with Crippen LogP contribution >= 0.6 is 0 Å². The van der Waals surface area contributed by atoms with Crippen LogP contribution in [0.3, 0.4) is 0 Å². The molecule has 1 aliphatic rings. The highest BCUT2D eigenvalue weighted by molar-refractivity contribution is 5.15. The van der Waals surface area contributed by atoms with Crippen molar-refractivity contribution in [1.29, 1.82) is 0 Å². The van der Waals surface area contributed by atoms with Gasteiger partial charge in [-0.25, -0.2) is 0 Å². The summed E-state index contributed by atoms with van der Waals surface area (Å²) in [5.74, 6) is 0.890. The molecule has 0 amide bonds. The van der Waals surface area contributed by atoms with Gasteiger partial charge in [-0.15, -0.1) is 0 Å². The van der Waals surface area contributed by atoms with Gasteiger partial charge in [0.15, 0.2) is 0 Å². The summed E-state index contributed by atoms with van der Waals surface area (Å²) in [6, 6.07) is 4.07. The summed E-state index contributed by atoms with van der Waals surface area (Å²) in [5.41, 5.74) is 7.31. The molecule has 3 heteroatoms. The highest BCUT2D eigenvalue weighted by Gasteiger charge is 2.21. The Morgan fingerprint density at radius 2 is 2.11 bits per heavy atom. The fourth-order valence-electron chi connectivity index (χ4n) is 2.38. The molecule has 0 radical (unpaired) electrons. The molecule has 18 heavy (non-hydrogen) atoms. The Morgan fingerprint density at radius 3 is 2.67 bits per heavy atom. The molecule has 0 aromatic carbocycles. The van der Waals surface area contributed by atoms with Crippen LogP contribution in [-0.4, -0.2) is 17.6 Å². The Balaban J connectivity index is 1.88. The van der Waals surface area contributed by atoms with Crippen LogP contribution in [0.2, 0.25) is 0 Å². The second-order valence-corrected chi connectivity index (χ2v) is 5.23. The largest absolute Gasteiger partial charge is 0.372 e. The number of nitrogens with zero attached hydrogens (tertiary/aromatic N) is 1. The predicted molar refractivity (Wildman–Crippen MR) is 73.2 cm³/mol. The fourth-order valence-corrected chi connectivity index (χ4v) is 2.38. The van der Waals surface area contributed by atoms with Crippen molar-refractivity contribution in [2.24, 2.45) is 11.7 Å². The first-order chi connectivity index (χ1) is 8.81. The van der Waals surface area contributed by atoms with Crippen LogP contribution in [0.4, 0.5) is 0 Å². The lowest BCUT2D eigenvalue weighted by Crippen LogP contribution is -2.30. The molecule has 1 aromatic heterocycles. The summed E-state index contributed by atoms with van der Waals surface area (Å²) in [7, 11) is 0. The Bertz CT molecular complexity index is 338. The molecule has 1 aromatic rings. The van der Waals surface area contributed by atoms with Crippen LogP contribution in [0.15, 0.2) is 24.5 Å². The lowest BCUT2D eigenvalue weighted by molar-refractivity contribution is 0.0203. The van der Waals surface area contributed by atoms with Crippen LogP contribution in [0, 0.1) is 5.92 Å². The first-order valence-electron chi connectivity index (χ1n) is 7.08. The van der Waals surface area contributed by atoms with Crippen molar-refractivity contribution in [2.75, 3.05) is 6.61 Å². The third-order valence-electron chi connectivity index (χ3n) is 3.94. The maximum Gasteiger partial charge on any atom is 0.0976 e. The molecular formula is C15H24N2O. The van der Waals surface area contributed by atoms with Gasteiger partial charge in [-0.2, -0.15) is 0 Å². The molecule has 0 bridgehead atoms. The quantitative estimate of drug-likeness (QED) is 0.806. The molecule has 3 nitrogen and oxygen atoms in total. The van der Waals surface area contributed by atoms with Crippen LogP contribution in [0.1, 0.15) is 50.7 Å². The zero-order valence-electron chi connectivity index (χ0n) is 11.2. The Morgan fingerprint density at radius 1 is 1.39 bits per heavy atom. The summed E-state index contributed by atoms with van der Waals surface area (Å²) in [6.45, 7) is 2.93. The molecule has 1 saturated carbocycles. The minimum Gasteiger partial charge on any atom is -0.372 e. The second kappa shape index (κ2) is 6.86. The van der Waals surface area contributed by atoms with Gasteiger partial charge in [0.1, 0.15) is 0 Å². The zero-order valence-corrected chi connectivity index (χ0v) is 11.2. The normalized spacial score (nSPS) is 19.2. The molecule has 0 spiro atoms. The molecule has 1 heterocycles. The zero-order chi connectivity index (χ0) is 12.8. The van der Waals surface area contributed by atoms with E-state index >= 15 is 0 Å². The van der Waals surface area contributed by atoms with E-state index in [2.05, 4.69) is 11.9 Å². The van der Waals surface area contributed by atoms with Crippen molar-refractivity contribution in [1.82, 2.24) is 4.98 Å². The molecule has 100 valence electrons.